The first-order valence-electron chi connectivity index (χ1n) is 10.2. The van der Waals surface area contributed by atoms with Gasteiger partial charge in [-0.05, 0) is 18.2 Å². The van der Waals surface area contributed by atoms with Crippen molar-refractivity contribution in [3.8, 4) is 0 Å². The van der Waals surface area contributed by atoms with E-state index in [2.05, 4.69) is 40.6 Å². The maximum atomic E-state index is 11.2. The molecule has 0 saturated carbocycles. The number of carbonyl (C=O) groups excluding carboxylic acids is 3. The van der Waals surface area contributed by atoms with E-state index in [1.807, 2.05) is 0 Å². The molecule has 33 heavy (non-hydrogen) atoms. The first kappa shape index (κ1) is 30.4. The van der Waals surface area contributed by atoms with Crippen molar-refractivity contribution in [1.82, 2.24) is 16.0 Å². The summed E-state index contributed by atoms with van der Waals surface area (Å²) >= 11 is 0. The molecule has 12 heteroatoms. The number of hydrogen-bond donors (Lipinski definition) is 4. The molecular weight excluding hydrogens is 438 g/mol. The Kier molecular flexibility index (Phi) is 18.4. The Bertz CT molecular complexity index is 584. The lowest BCUT2D eigenvalue weighted by Crippen LogP contribution is -2.43. The Morgan fingerprint density at radius 3 is 1.55 bits per heavy atom. The van der Waals surface area contributed by atoms with Crippen LogP contribution < -0.4 is 16.0 Å². The lowest BCUT2D eigenvalue weighted by atomic mass is 9.92. The topological polar surface area (TPSA) is 154 Å². The molecule has 0 radical (unpaired) electrons. The molecule has 3 amide bonds. The van der Waals surface area contributed by atoms with Gasteiger partial charge >= 0.3 is 0 Å². The maximum Gasteiger partial charge on any atom is 0.245 e. The molecule has 188 valence electrons. The summed E-state index contributed by atoms with van der Waals surface area (Å²) in [5, 5.41) is 16.7. The Balaban J connectivity index is 4.61. The van der Waals surface area contributed by atoms with Crippen LogP contribution in [0.3, 0.4) is 0 Å². The van der Waals surface area contributed by atoms with Crippen molar-refractivity contribution in [2.45, 2.75) is 0 Å². The second-order valence-electron chi connectivity index (χ2n) is 6.72. The van der Waals surface area contributed by atoms with Gasteiger partial charge in [0.05, 0.1) is 58.3 Å². The van der Waals surface area contributed by atoms with Crippen molar-refractivity contribution in [3.05, 3.63) is 38.0 Å². The molecule has 0 aliphatic carbocycles. The zero-order valence-corrected chi connectivity index (χ0v) is 18.8. The van der Waals surface area contributed by atoms with Crippen LogP contribution in [-0.2, 0) is 38.2 Å². The van der Waals surface area contributed by atoms with Crippen molar-refractivity contribution in [2.75, 3.05) is 72.7 Å². The van der Waals surface area contributed by atoms with E-state index in [-0.39, 0.29) is 90.4 Å². The quantitative estimate of drug-likeness (QED) is 0.0530. The predicted octanol–water partition coefficient (Wildman–Crippen LogP) is -0.607. The minimum absolute atomic E-state index is 0.0121. The molecule has 0 heterocycles. The van der Waals surface area contributed by atoms with Crippen LogP contribution in [0.25, 0.3) is 0 Å². The number of hydrogen-bond acceptors (Lipinski definition) is 9. The van der Waals surface area contributed by atoms with Crippen LogP contribution in [-0.4, -0.2) is 95.7 Å². The fourth-order valence-corrected chi connectivity index (χ4v) is 2.27. The number of carbonyl (C=O) groups is 3. The summed E-state index contributed by atoms with van der Waals surface area (Å²) in [5.74, 6) is -0.986. The van der Waals surface area contributed by atoms with Crippen molar-refractivity contribution in [3.63, 3.8) is 0 Å². The Hall–Kier alpha value is -2.61. The van der Waals surface area contributed by atoms with Gasteiger partial charge in [-0.15, -0.1) is 0 Å². The van der Waals surface area contributed by atoms with Gasteiger partial charge in [-0.3, -0.25) is 19.6 Å². The van der Waals surface area contributed by atoms with E-state index in [0.717, 1.165) is 18.2 Å². The van der Waals surface area contributed by atoms with Gasteiger partial charge in [0.15, 0.2) is 0 Å². The van der Waals surface area contributed by atoms with Gasteiger partial charge in [0, 0.05) is 13.1 Å². The highest BCUT2D eigenvalue weighted by molar-refractivity contribution is 5.87. The van der Waals surface area contributed by atoms with Crippen LogP contribution in [0.2, 0.25) is 0 Å². The molecule has 4 N–H and O–H groups in total. The van der Waals surface area contributed by atoms with E-state index in [0.29, 0.717) is 0 Å². The van der Waals surface area contributed by atoms with E-state index < -0.39 is 5.41 Å². The molecule has 0 aromatic heterocycles. The van der Waals surface area contributed by atoms with E-state index in [1.165, 1.54) is 0 Å². The zero-order chi connectivity index (χ0) is 24.8. The van der Waals surface area contributed by atoms with Crippen molar-refractivity contribution < 1.29 is 43.5 Å². The Morgan fingerprint density at radius 2 is 1.09 bits per heavy atom. The Morgan fingerprint density at radius 1 is 0.667 bits per heavy atom. The van der Waals surface area contributed by atoms with Crippen LogP contribution in [0.4, 0.5) is 0 Å². The van der Waals surface area contributed by atoms with Gasteiger partial charge in [0.1, 0.15) is 6.73 Å². The lowest BCUT2D eigenvalue weighted by Gasteiger charge is -2.31. The highest BCUT2D eigenvalue weighted by atomic mass is 17.1. The van der Waals surface area contributed by atoms with Crippen LogP contribution in [0, 0.1) is 5.41 Å². The molecule has 0 aliphatic heterocycles. The van der Waals surface area contributed by atoms with Crippen LogP contribution in [0.15, 0.2) is 38.0 Å². The molecule has 0 aromatic rings. The SMILES string of the molecule is C=CC(=O)NCCOCC(COO)(COCCNC(=O)C=C)COCCOCNC(=O)C=C. The van der Waals surface area contributed by atoms with E-state index >= 15 is 0 Å². The van der Waals surface area contributed by atoms with Gasteiger partial charge in [-0.1, -0.05) is 19.7 Å². The summed E-state index contributed by atoms with van der Waals surface area (Å²) in [4.78, 5) is 37.8. The number of amides is 3. The highest BCUT2D eigenvalue weighted by Gasteiger charge is 2.33. The smallest absolute Gasteiger partial charge is 0.245 e. The summed E-state index contributed by atoms with van der Waals surface area (Å²) in [6.07, 6.45) is 3.44. The number of ether oxygens (including phenoxy) is 4. The largest absolute Gasteiger partial charge is 0.379 e. The summed E-state index contributed by atoms with van der Waals surface area (Å²) in [7, 11) is 0. The van der Waals surface area contributed by atoms with E-state index in [1.54, 1.807) is 0 Å². The molecule has 0 atom stereocenters. The Labute approximate surface area is 193 Å². The van der Waals surface area contributed by atoms with Gasteiger partial charge < -0.3 is 34.9 Å². The molecular formula is C21H35N3O9. The molecule has 0 bridgehead atoms. The molecule has 0 fully saturated rings. The maximum absolute atomic E-state index is 11.2. The van der Waals surface area contributed by atoms with Gasteiger partial charge in [0.2, 0.25) is 17.7 Å². The zero-order valence-electron chi connectivity index (χ0n) is 18.8. The van der Waals surface area contributed by atoms with Gasteiger partial charge in [-0.2, -0.15) is 0 Å². The molecule has 0 aromatic carbocycles. The standard InChI is InChI=1S/C21H35N3O9/c1-4-18(25)22-7-9-29-13-21(16-33-28,14-30-10-8-23-19(26)5-2)15-31-11-12-32-17-24-20(27)6-3/h4-6,28H,1-3,7-17H2,(H,22,25)(H,23,26)(H,24,27). The molecule has 0 spiro atoms. The number of nitrogens with one attached hydrogen (secondary N) is 3. The average Bonchev–Trinajstić information content (AvgIpc) is 2.82. The lowest BCUT2D eigenvalue weighted by molar-refractivity contribution is -0.276. The summed E-state index contributed by atoms with van der Waals surface area (Å²) in [6.45, 7) is 11.5. The van der Waals surface area contributed by atoms with Crippen molar-refractivity contribution >= 4 is 17.7 Å². The summed E-state index contributed by atoms with van der Waals surface area (Å²) < 4.78 is 22.1. The van der Waals surface area contributed by atoms with Crippen LogP contribution in [0.1, 0.15) is 0 Å². The molecule has 0 rings (SSSR count). The van der Waals surface area contributed by atoms with E-state index in [9.17, 15) is 14.4 Å². The van der Waals surface area contributed by atoms with Gasteiger partial charge in [0.25, 0.3) is 0 Å². The van der Waals surface area contributed by atoms with Crippen LogP contribution in [0.5, 0.6) is 0 Å². The van der Waals surface area contributed by atoms with Crippen LogP contribution >= 0.6 is 0 Å². The number of rotatable bonds is 22. The fraction of sp³-hybridized carbons (Fsp3) is 0.571. The normalized spacial score (nSPS) is 10.8. The molecule has 0 unspecified atom stereocenters. The minimum atomic E-state index is -0.878. The third kappa shape index (κ3) is 16.7. The third-order valence-electron chi connectivity index (χ3n) is 3.96. The molecule has 0 saturated heterocycles. The summed E-state index contributed by atoms with van der Waals surface area (Å²) in [5.41, 5.74) is -0.878. The van der Waals surface area contributed by atoms with E-state index in [4.69, 9.17) is 24.2 Å². The second kappa shape index (κ2) is 20.0. The predicted molar refractivity (Wildman–Crippen MR) is 119 cm³/mol. The first-order valence-corrected chi connectivity index (χ1v) is 10.2. The molecule has 0 aliphatic rings. The van der Waals surface area contributed by atoms with Gasteiger partial charge in [-0.25, -0.2) is 4.89 Å². The van der Waals surface area contributed by atoms with Crippen molar-refractivity contribution in [1.29, 1.82) is 0 Å². The summed E-state index contributed by atoms with van der Waals surface area (Å²) in [6, 6.07) is 0. The van der Waals surface area contributed by atoms with Crippen molar-refractivity contribution in [2.24, 2.45) is 5.41 Å². The molecule has 12 nitrogen and oxygen atoms in total. The average molecular weight is 474 g/mol. The highest BCUT2D eigenvalue weighted by Crippen LogP contribution is 2.20. The minimum Gasteiger partial charge on any atom is -0.379 e. The monoisotopic (exact) mass is 473 g/mol. The second-order valence-corrected chi connectivity index (χ2v) is 6.72. The third-order valence-corrected chi connectivity index (χ3v) is 3.96. The fourth-order valence-electron chi connectivity index (χ4n) is 2.27. The first-order chi connectivity index (χ1) is 15.9.